The van der Waals surface area contributed by atoms with E-state index in [9.17, 15) is 4.79 Å². The number of aromatic nitrogens is 1. The van der Waals surface area contributed by atoms with Gasteiger partial charge in [0.2, 0.25) is 0 Å². The molecule has 1 amide bonds. The van der Waals surface area contributed by atoms with Crippen molar-refractivity contribution in [2.24, 2.45) is 11.1 Å². The number of carbonyl (C=O) groups is 1. The Morgan fingerprint density at radius 2 is 2.35 bits per heavy atom. The number of hydrogen-bond donors (Lipinski definition) is 2. The molecule has 0 aromatic carbocycles. The van der Waals surface area contributed by atoms with Crippen LogP contribution in [0.5, 0.6) is 0 Å². The minimum atomic E-state index is 0.0402. The van der Waals surface area contributed by atoms with Crippen molar-refractivity contribution in [3.63, 3.8) is 0 Å². The van der Waals surface area contributed by atoms with Crippen LogP contribution in [0.25, 0.3) is 0 Å². The lowest BCUT2D eigenvalue weighted by atomic mass is 9.90. The maximum atomic E-state index is 12.7. The summed E-state index contributed by atoms with van der Waals surface area (Å²) >= 11 is 0. The molecule has 1 atom stereocenters. The molecule has 1 aromatic rings. The van der Waals surface area contributed by atoms with Crippen molar-refractivity contribution in [2.45, 2.75) is 33.2 Å². The third kappa shape index (κ3) is 3.10. The molecule has 1 aromatic heterocycles. The third-order valence-corrected chi connectivity index (χ3v) is 3.80. The first-order valence-electron chi connectivity index (χ1n) is 7.16. The minimum Gasteiger partial charge on any atom is -0.367 e. The summed E-state index contributed by atoms with van der Waals surface area (Å²) in [5.41, 5.74) is 6.49. The first-order chi connectivity index (χ1) is 9.45. The van der Waals surface area contributed by atoms with Gasteiger partial charge < -0.3 is 16.0 Å². The molecule has 0 spiro atoms. The number of amides is 1. The van der Waals surface area contributed by atoms with Gasteiger partial charge in [-0.1, -0.05) is 6.92 Å². The Morgan fingerprint density at radius 3 is 2.95 bits per heavy atom. The van der Waals surface area contributed by atoms with Crippen molar-refractivity contribution in [3.8, 4) is 0 Å². The first-order valence-corrected chi connectivity index (χ1v) is 7.16. The van der Waals surface area contributed by atoms with Gasteiger partial charge in [0.05, 0.1) is 5.56 Å². The number of likely N-dealkylation sites (tertiary alicyclic amines) is 1. The quantitative estimate of drug-likeness (QED) is 0.878. The molecule has 1 saturated heterocycles. The number of nitrogens with two attached hydrogens (primary N) is 1. The number of hydrogen-bond acceptors (Lipinski definition) is 4. The number of anilines is 1. The Kier molecular flexibility index (Phi) is 4.28. The van der Waals surface area contributed by atoms with Gasteiger partial charge in [-0.05, 0) is 44.4 Å². The van der Waals surface area contributed by atoms with Crippen LogP contribution in [-0.2, 0) is 0 Å². The van der Waals surface area contributed by atoms with Gasteiger partial charge in [0.15, 0.2) is 0 Å². The molecule has 2 heterocycles. The maximum absolute atomic E-state index is 12.7. The molecule has 0 radical (unpaired) electrons. The van der Waals surface area contributed by atoms with Crippen molar-refractivity contribution in [1.29, 1.82) is 0 Å². The molecule has 0 bridgehead atoms. The molecule has 20 heavy (non-hydrogen) atoms. The van der Waals surface area contributed by atoms with Crippen LogP contribution in [0.15, 0.2) is 18.3 Å². The first kappa shape index (κ1) is 14.8. The molecule has 2 rings (SSSR count). The van der Waals surface area contributed by atoms with Crippen LogP contribution in [0.4, 0.5) is 5.82 Å². The van der Waals surface area contributed by atoms with Crippen molar-refractivity contribution in [3.05, 3.63) is 23.9 Å². The van der Waals surface area contributed by atoms with E-state index in [1.54, 1.807) is 12.3 Å². The minimum absolute atomic E-state index is 0.0402. The standard InChI is InChI=1S/C15H24N4O/c1-11(2)18-13-12(5-4-7-17-13)14(20)19-8-6-15(3,9-16)10-19/h4-5,7,11H,6,8-10,16H2,1-3H3,(H,17,18). The Bertz CT molecular complexity index is 489. The van der Waals surface area contributed by atoms with E-state index in [-0.39, 0.29) is 17.4 Å². The number of nitrogens with zero attached hydrogens (tertiary/aromatic N) is 2. The zero-order valence-corrected chi connectivity index (χ0v) is 12.5. The highest BCUT2D eigenvalue weighted by Gasteiger charge is 2.35. The highest BCUT2D eigenvalue weighted by Crippen LogP contribution is 2.30. The number of pyridine rings is 1. The van der Waals surface area contributed by atoms with Crippen molar-refractivity contribution < 1.29 is 4.79 Å². The molecule has 1 aliphatic heterocycles. The zero-order chi connectivity index (χ0) is 14.8. The molecular formula is C15H24N4O. The lowest BCUT2D eigenvalue weighted by molar-refractivity contribution is 0.0777. The molecule has 1 fully saturated rings. The van der Waals surface area contributed by atoms with E-state index in [2.05, 4.69) is 17.2 Å². The lowest BCUT2D eigenvalue weighted by Gasteiger charge is -2.23. The van der Waals surface area contributed by atoms with Gasteiger partial charge in [0.25, 0.3) is 5.91 Å². The summed E-state index contributed by atoms with van der Waals surface area (Å²) in [6.07, 6.45) is 2.66. The monoisotopic (exact) mass is 276 g/mol. The number of nitrogens with one attached hydrogen (secondary N) is 1. The summed E-state index contributed by atoms with van der Waals surface area (Å²) in [6, 6.07) is 3.87. The predicted octanol–water partition coefficient (Wildman–Crippen LogP) is 1.71. The van der Waals surface area contributed by atoms with E-state index in [1.165, 1.54) is 0 Å². The zero-order valence-electron chi connectivity index (χ0n) is 12.5. The van der Waals surface area contributed by atoms with E-state index in [4.69, 9.17) is 5.73 Å². The molecule has 5 nitrogen and oxygen atoms in total. The van der Waals surface area contributed by atoms with Gasteiger partial charge in [-0.15, -0.1) is 0 Å². The lowest BCUT2D eigenvalue weighted by Crippen LogP contribution is -2.35. The van der Waals surface area contributed by atoms with Gasteiger partial charge in [-0.25, -0.2) is 4.98 Å². The fourth-order valence-corrected chi connectivity index (χ4v) is 2.50. The fraction of sp³-hybridized carbons (Fsp3) is 0.600. The van der Waals surface area contributed by atoms with Gasteiger partial charge >= 0.3 is 0 Å². The van der Waals surface area contributed by atoms with Crippen LogP contribution in [0, 0.1) is 5.41 Å². The molecule has 5 heteroatoms. The summed E-state index contributed by atoms with van der Waals surface area (Å²) in [4.78, 5) is 18.8. The van der Waals surface area contributed by atoms with E-state index in [0.717, 1.165) is 19.5 Å². The summed E-state index contributed by atoms with van der Waals surface area (Å²) in [5, 5.41) is 3.23. The normalized spacial score (nSPS) is 22.4. The summed E-state index contributed by atoms with van der Waals surface area (Å²) in [7, 11) is 0. The average Bonchev–Trinajstić information content (AvgIpc) is 2.81. The molecule has 1 unspecified atom stereocenters. The van der Waals surface area contributed by atoms with Crippen molar-refractivity contribution in [1.82, 2.24) is 9.88 Å². The van der Waals surface area contributed by atoms with Crippen LogP contribution in [-0.4, -0.2) is 41.5 Å². The van der Waals surface area contributed by atoms with Crippen LogP contribution in [0.3, 0.4) is 0 Å². The predicted molar refractivity (Wildman–Crippen MR) is 80.7 cm³/mol. The second-order valence-electron chi connectivity index (χ2n) is 6.19. The SMILES string of the molecule is CC(C)Nc1ncccc1C(=O)N1CCC(C)(CN)C1. The number of rotatable bonds is 4. The largest absolute Gasteiger partial charge is 0.367 e. The molecule has 3 N–H and O–H groups in total. The second-order valence-corrected chi connectivity index (χ2v) is 6.19. The van der Waals surface area contributed by atoms with Gasteiger partial charge in [0, 0.05) is 25.3 Å². The molecule has 1 aliphatic rings. The topological polar surface area (TPSA) is 71.2 Å². The summed E-state index contributed by atoms with van der Waals surface area (Å²) in [5.74, 6) is 0.701. The van der Waals surface area contributed by atoms with E-state index in [1.807, 2.05) is 24.8 Å². The van der Waals surface area contributed by atoms with Crippen LogP contribution in [0.2, 0.25) is 0 Å². The molecule has 0 saturated carbocycles. The Morgan fingerprint density at radius 1 is 1.60 bits per heavy atom. The van der Waals surface area contributed by atoms with Gasteiger partial charge in [-0.3, -0.25) is 4.79 Å². The Labute approximate surface area is 120 Å². The van der Waals surface area contributed by atoms with E-state index >= 15 is 0 Å². The Hall–Kier alpha value is -1.62. The molecule has 0 aliphatic carbocycles. The summed E-state index contributed by atoms with van der Waals surface area (Å²) in [6.45, 7) is 8.30. The second kappa shape index (κ2) is 5.79. The van der Waals surface area contributed by atoms with Crippen LogP contribution >= 0.6 is 0 Å². The van der Waals surface area contributed by atoms with Crippen molar-refractivity contribution in [2.75, 3.05) is 25.0 Å². The average molecular weight is 276 g/mol. The van der Waals surface area contributed by atoms with Gasteiger partial charge in [0.1, 0.15) is 5.82 Å². The van der Waals surface area contributed by atoms with Crippen LogP contribution < -0.4 is 11.1 Å². The molecular weight excluding hydrogens is 252 g/mol. The maximum Gasteiger partial charge on any atom is 0.257 e. The van der Waals surface area contributed by atoms with E-state index in [0.29, 0.717) is 17.9 Å². The van der Waals surface area contributed by atoms with Crippen LogP contribution in [0.1, 0.15) is 37.6 Å². The molecule has 110 valence electrons. The van der Waals surface area contributed by atoms with Crippen molar-refractivity contribution >= 4 is 11.7 Å². The Balaban J connectivity index is 2.18. The summed E-state index contributed by atoms with van der Waals surface area (Å²) < 4.78 is 0. The highest BCUT2D eigenvalue weighted by molar-refractivity contribution is 5.98. The third-order valence-electron chi connectivity index (χ3n) is 3.80. The number of carbonyl (C=O) groups excluding carboxylic acids is 1. The van der Waals surface area contributed by atoms with Gasteiger partial charge in [-0.2, -0.15) is 0 Å². The smallest absolute Gasteiger partial charge is 0.257 e. The van der Waals surface area contributed by atoms with E-state index < -0.39 is 0 Å². The highest BCUT2D eigenvalue weighted by atomic mass is 16.2. The fourth-order valence-electron chi connectivity index (χ4n) is 2.50.